The molecule has 2 aromatic carbocycles. The summed E-state index contributed by atoms with van der Waals surface area (Å²) in [5.74, 6) is -2.29. The van der Waals surface area contributed by atoms with Gasteiger partial charge in [0, 0.05) is 35.4 Å². The Bertz CT molecular complexity index is 1010. The second-order valence-electron chi connectivity index (χ2n) is 5.84. The van der Waals surface area contributed by atoms with Crippen LogP contribution in [0, 0.1) is 10.1 Å². The monoisotopic (exact) mass is 403 g/mol. The van der Waals surface area contributed by atoms with Crippen LogP contribution < -0.4 is 4.90 Å². The fraction of sp³-hybridized carbons (Fsp3) is 0.167. The van der Waals surface area contributed by atoms with Gasteiger partial charge in [-0.15, -0.1) is 0 Å². The predicted molar refractivity (Wildman–Crippen MR) is 101 cm³/mol. The average Bonchev–Trinajstić information content (AvgIpc) is 2.78. The first-order valence-corrected chi connectivity index (χ1v) is 8.37. The minimum Gasteiger partial charge on any atom is -0.479 e. The molecule has 0 fully saturated rings. The third-order valence-electron chi connectivity index (χ3n) is 4.12. The van der Waals surface area contributed by atoms with E-state index < -0.39 is 22.8 Å². The third kappa shape index (κ3) is 3.45. The molecule has 0 saturated carbocycles. The summed E-state index contributed by atoms with van der Waals surface area (Å²) < 4.78 is 5.04. The van der Waals surface area contributed by atoms with Gasteiger partial charge in [-0.3, -0.25) is 24.8 Å². The zero-order valence-electron chi connectivity index (χ0n) is 14.5. The summed E-state index contributed by atoms with van der Waals surface area (Å²) in [5.41, 5.74) is 0.626. The average molecular weight is 404 g/mol. The van der Waals surface area contributed by atoms with Gasteiger partial charge in [0.1, 0.15) is 6.73 Å². The van der Waals surface area contributed by atoms with E-state index in [9.17, 15) is 24.8 Å². The van der Waals surface area contributed by atoms with Gasteiger partial charge in [0.2, 0.25) is 6.04 Å². The van der Waals surface area contributed by atoms with Gasteiger partial charge in [-0.2, -0.15) is 0 Å². The molecular weight excluding hydrogens is 390 g/mol. The van der Waals surface area contributed by atoms with Gasteiger partial charge in [0.05, 0.1) is 16.3 Å². The molecule has 28 heavy (non-hydrogen) atoms. The number of hydrogen-bond donors (Lipinski definition) is 1. The molecule has 0 saturated heterocycles. The van der Waals surface area contributed by atoms with Gasteiger partial charge in [-0.05, 0) is 12.1 Å². The Labute approximate surface area is 164 Å². The van der Waals surface area contributed by atoms with E-state index in [1.54, 1.807) is 24.3 Å². The van der Waals surface area contributed by atoms with E-state index >= 15 is 0 Å². The van der Waals surface area contributed by atoms with Crippen LogP contribution in [-0.2, 0) is 14.3 Å². The van der Waals surface area contributed by atoms with Crippen LogP contribution in [0.4, 0.5) is 11.4 Å². The van der Waals surface area contributed by atoms with Crippen molar-refractivity contribution in [2.45, 2.75) is 6.04 Å². The van der Waals surface area contributed by atoms with Gasteiger partial charge in [-0.1, -0.05) is 29.8 Å². The topological polar surface area (TPSA) is 122 Å². The minimum atomic E-state index is -1.76. The molecule has 2 aromatic rings. The molecule has 1 unspecified atom stereocenters. The summed E-state index contributed by atoms with van der Waals surface area (Å²) in [6.45, 7) is -0.251. The molecule has 0 aromatic heterocycles. The highest BCUT2D eigenvalue weighted by Crippen LogP contribution is 2.33. The first-order chi connectivity index (χ1) is 13.3. The number of methoxy groups -OCH3 is 1. The van der Waals surface area contributed by atoms with Gasteiger partial charge in [0.25, 0.3) is 11.6 Å². The number of anilines is 1. The summed E-state index contributed by atoms with van der Waals surface area (Å²) in [6.07, 6.45) is 0. The van der Waals surface area contributed by atoms with Crippen molar-refractivity contribution in [1.29, 1.82) is 0 Å². The Balaban J connectivity index is 2.36. The Morgan fingerprint density at radius 2 is 2.04 bits per heavy atom. The number of nitrogens with zero attached hydrogens (tertiary/aromatic N) is 3. The number of ether oxygens (including phenoxy) is 1. The molecule has 144 valence electrons. The standard InChI is InChI=1S/C18H14ClN3O6/c1-28-9-21-14-7-6-10(22(26)27)8-12(14)15(11-4-2-3-5-13(11)19)20-16(17(21)23)18(24)25/h2-8,16H,9H2,1H3,(H,24,25). The number of non-ortho nitro benzene ring substituents is 1. The molecule has 1 atom stereocenters. The Morgan fingerprint density at radius 1 is 1.32 bits per heavy atom. The number of carboxylic acids is 1. The SMILES string of the molecule is COCN1C(=O)C(C(=O)O)N=C(c2ccccc2Cl)c2cc([N+](=O)[O-])ccc21. The highest BCUT2D eigenvalue weighted by Gasteiger charge is 2.37. The predicted octanol–water partition coefficient (Wildman–Crippen LogP) is 2.49. The number of fused-ring (bicyclic) bond motifs is 1. The van der Waals surface area contributed by atoms with Crippen molar-refractivity contribution in [3.63, 3.8) is 0 Å². The van der Waals surface area contributed by atoms with E-state index in [2.05, 4.69) is 4.99 Å². The van der Waals surface area contributed by atoms with Crippen LogP contribution in [0.15, 0.2) is 47.5 Å². The molecule has 1 amide bonds. The second-order valence-corrected chi connectivity index (χ2v) is 6.25. The van der Waals surface area contributed by atoms with Gasteiger partial charge in [0.15, 0.2) is 0 Å². The number of nitro groups is 1. The first kappa shape index (κ1) is 19.5. The molecule has 10 heteroatoms. The van der Waals surface area contributed by atoms with Crippen molar-refractivity contribution in [2.24, 2.45) is 4.99 Å². The molecule has 1 aliphatic rings. The summed E-state index contributed by atoms with van der Waals surface area (Å²) in [7, 11) is 1.34. The first-order valence-electron chi connectivity index (χ1n) is 7.99. The molecule has 9 nitrogen and oxygen atoms in total. The number of rotatable bonds is 5. The Kier molecular flexibility index (Phi) is 5.39. The van der Waals surface area contributed by atoms with E-state index in [0.29, 0.717) is 5.56 Å². The number of benzodiazepines with no additional fused rings is 1. The smallest absolute Gasteiger partial charge is 0.338 e. The number of aliphatic imine (C=N–C) groups is 1. The minimum absolute atomic E-state index is 0.0728. The number of halogens is 1. The van der Waals surface area contributed by atoms with E-state index in [0.717, 1.165) is 4.90 Å². The molecular formula is C18H14ClN3O6. The van der Waals surface area contributed by atoms with Gasteiger partial charge < -0.3 is 9.84 Å². The molecule has 0 aliphatic carbocycles. The van der Waals surface area contributed by atoms with Crippen LogP contribution in [0.25, 0.3) is 0 Å². The van der Waals surface area contributed by atoms with Gasteiger partial charge in [-0.25, -0.2) is 4.79 Å². The van der Waals surface area contributed by atoms with E-state index in [1.807, 2.05) is 0 Å². The van der Waals surface area contributed by atoms with Crippen LogP contribution in [0.5, 0.6) is 0 Å². The van der Waals surface area contributed by atoms with Crippen molar-refractivity contribution in [2.75, 3.05) is 18.7 Å². The Hall–Kier alpha value is -3.30. The molecule has 1 aliphatic heterocycles. The lowest BCUT2D eigenvalue weighted by molar-refractivity contribution is -0.384. The van der Waals surface area contributed by atoms with Crippen molar-refractivity contribution < 1.29 is 24.4 Å². The van der Waals surface area contributed by atoms with Crippen molar-refractivity contribution >= 4 is 40.6 Å². The second kappa shape index (κ2) is 7.75. The lowest BCUT2D eigenvalue weighted by atomic mass is 9.99. The molecule has 1 N–H and O–H groups in total. The van der Waals surface area contributed by atoms with Crippen LogP contribution in [-0.4, -0.2) is 47.5 Å². The summed E-state index contributed by atoms with van der Waals surface area (Å²) >= 11 is 6.26. The quantitative estimate of drug-likeness (QED) is 0.465. The highest BCUT2D eigenvalue weighted by atomic mass is 35.5. The number of benzene rings is 2. The normalized spacial score (nSPS) is 16.2. The fourth-order valence-electron chi connectivity index (χ4n) is 2.87. The van der Waals surface area contributed by atoms with Gasteiger partial charge >= 0.3 is 5.97 Å². The number of amides is 1. The summed E-state index contributed by atoms with van der Waals surface area (Å²) in [5, 5.41) is 21.1. The number of carbonyl (C=O) groups excluding carboxylic acids is 1. The maximum atomic E-state index is 12.8. The van der Waals surface area contributed by atoms with Crippen molar-refractivity contribution in [3.8, 4) is 0 Å². The number of nitro benzene ring substituents is 1. The lowest BCUT2D eigenvalue weighted by Crippen LogP contribution is -2.42. The fourth-order valence-corrected chi connectivity index (χ4v) is 3.10. The lowest BCUT2D eigenvalue weighted by Gasteiger charge is -2.23. The third-order valence-corrected chi connectivity index (χ3v) is 4.45. The molecule has 0 bridgehead atoms. The number of carbonyl (C=O) groups is 2. The van der Waals surface area contributed by atoms with Crippen molar-refractivity contribution in [3.05, 3.63) is 68.7 Å². The van der Waals surface area contributed by atoms with E-state index in [4.69, 9.17) is 16.3 Å². The highest BCUT2D eigenvalue weighted by molar-refractivity contribution is 6.36. The zero-order chi connectivity index (χ0) is 20.4. The molecule has 1 heterocycles. The van der Waals surface area contributed by atoms with E-state index in [-0.39, 0.29) is 34.4 Å². The van der Waals surface area contributed by atoms with Crippen LogP contribution in [0.3, 0.4) is 0 Å². The number of hydrogen-bond acceptors (Lipinski definition) is 6. The maximum absolute atomic E-state index is 12.8. The maximum Gasteiger partial charge on any atom is 0.338 e. The number of aliphatic carboxylic acids is 1. The largest absolute Gasteiger partial charge is 0.479 e. The molecule has 0 radical (unpaired) electrons. The van der Waals surface area contributed by atoms with E-state index in [1.165, 1.54) is 25.3 Å². The van der Waals surface area contributed by atoms with Crippen LogP contribution in [0.1, 0.15) is 11.1 Å². The zero-order valence-corrected chi connectivity index (χ0v) is 15.3. The molecule has 3 rings (SSSR count). The Morgan fingerprint density at radius 3 is 2.64 bits per heavy atom. The number of carboxylic acid groups (broad SMARTS) is 1. The van der Waals surface area contributed by atoms with Crippen LogP contribution in [0.2, 0.25) is 5.02 Å². The molecule has 0 spiro atoms. The summed E-state index contributed by atoms with van der Waals surface area (Å²) in [6, 6.07) is 8.57. The van der Waals surface area contributed by atoms with Crippen LogP contribution >= 0.6 is 11.6 Å². The van der Waals surface area contributed by atoms with Crippen molar-refractivity contribution in [1.82, 2.24) is 0 Å². The summed E-state index contributed by atoms with van der Waals surface area (Å²) in [4.78, 5) is 40.4.